The van der Waals surface area contributed by atoms with Gasteiger partial charge in [0.15, 0.2) is 0 Å². The van der Waals surface area contributed by atoms with Crippen LogP contribution in [-0.2, 0) is 4.79 Å². The Morgan fingerprint density at radius 1 is 1.05 bits per heavy atom. The van der Waals surface area contributed by atoms with Gasteiger partial charge in [-0.2, -0.15) is 0 Å². The third kappa shape index (κ3) is 1.93. The van der Waals surface area contributed by atoms with Gasteiger partial charge in [0.05, 0.1) is 6.04 Å². The molecule has 106 valence electrons. The fourth-order valence-electron chi connectivity index (χ4n) is 5.60. The highest BCUT2D eigenvalue weighted by atomic mass is 16.2. The van der Waals surface area contributed by atoms with Gasteiger partial charge < -0.3 is 10.6 Å². The van der Waals surface area contributed by atoms with Crippen LogP contribution in [0.2, 0.25) is 0 Å². The normalized spacial score (nSPS) is 45.3. The Bertz CT molecular complexity index is 362. The number of amides is 1. The van der Waals surface area contributed by atoms with Gasteiger partial charge in [-0.3, -0.25) is 4.79 Å². The molecule has 1 unspecified atom stereocenters. The van der Waals surface area contributed by atoms with Gasteiger partial charge in [-0.15, -0.1) is 0 Å². The van der Waals surface area contributed by atoms with E-state index in [0.29, 0.717) is 12.0 Å². The summed E-state index contributed by atoms with van der Waals surface area (Å²) in [6.07, 6.45) is 9.23. The molecule has 0 aromatic heterocycles. The lowest BCUT2D eigenvalue weighted by Gasteiger charge is -2.55. The number of hydrogen-bond acceptors (Lipinski definition) is 2. The third-order valence-electron chi connectivity index (χ3n) is 6.44. The van der Waals surface area contributed by atoms with E-state index in [2.05, 4.69) is 0 Å². The van der Waals surface area contributed by atoms with Crippen LogP contribution in [0.5, 0.6) is 0 Å². The van der Waals surface area contributed by atoms with Crippen LogP contribution in [0.3, 0.4) is 0 Å². The molecule has 4 bridgehead atoms. The van der Waals surface area contributed by atoms with Crippen molar-refractivity contribution in [2.75, 3.05) is 7.05 Å². The van der Waals surface area contributed by atoms with E-state index in [4.69, 9.17) is 5.73 Å². The molecule has 0 aromatic carbocycles. The minimum Gasteiger partial charge on any atom is -0.341 e. The molecule has 3 nitrogen and oxygen atoms in total. The average molecular weight is 262 g/mol. The van der Waals surface area contributed by atoms with Crippen LogP contribution in [0, 0.1) is 29.6 Å². The monoisotopic (exact) mass is 262 g/mol. The average Bonchev–Trinajstić information content (AvgIpc) is 3.19. The number of nitrogens with two attached hydrogens (primary N) is 1. The summed E-state index contributed by atoms with van der Waals surface area (Å²) in [7, 11) is 1.95. The van der Waals surface area contributed by atoms with Crippen molar-refractivity contribution in [3.8, 4) is 0 Å². The summed E-state index contributed by atoms with van der Waals surface area (Å²) in [5, 5.41) is 0. The number of carbonyl (C=O) groups excluding carboxylic acids is 1. The number of rotatable bonds is 3. The van der Waals surface area contributed by atoms with Gasteiger partial charge >= 0.3 is 0 Å². The van der Waals surface area contributed by atoms with Gasteiger partial charge in [0.2, 0.25) is 5.91 Å². The first-order valence-electron chi connectivity index (χ1n) is 8.15. The predicted molar refractivity (Wildman–Crippen MR) is 74.3 cm³/mol. The lowest BCUT2D eigenvalue weighted by molar-refractivity contribution is -0.138. The zero-order chi connectivity index (χ0) is 13.1. The van der Waals surface area contributed by atoms with E-state index in [-0.39, 0.29) is 11.9 Å². The molecule has 0 heterocycles. The SMILES string of the molecule is CN(C(=O)C(N)C1C2CC3CC(C2)CC1C3)C1CC1. The van der Waals surface area contributed by atoms with Crippen LogP contribution in [0.4, 0.5) is 0 Å². The lowest BCUT2D eigenvalue weighted by Crippen LogP contribution is -2.56. The molecule has 1 amide bonds. The minimum atomic E-state index is -0.222. The molecule has 0 spiro atoms. The van der Waals surface area contributed by atoms with Crippen molar-refractivity contribution in [1.29, 1.82) is 0 Å². The number of nitrogens with zero attached hydrogens (tertiary/aromatic N) is 1. The molecule has 3 heteroatoms. The highest BCUT2D eigenvalue weighted by molar-refractivity contribution is 5.82. The smallest absolute Gasteiger partial charge is 0.239 e. The standard InChI is InChI=1S/C16H26N2O/c1-18(13-2-3-13)16(19)15(17)14-11-5-9-4-10(7-11)8-12(14)6-9/h9-15H,2-8,17H2,1H3. The topological polar surface area (TPSA) is 46.3 Å². The molecule has 5 saturated carbocycles. The fraction of sp³-hybridized carbons (Fsp3) is 0.938. The van der Waals surface area contributed by atoms with E-state index >= 15 is 0 Å². The Kier molecular flexibility index (Phi) is 2.70. The Labute approximate surface area is 115 Å². The van der Waals surface area contributed by atoms with Crippen LogP contribution in [-0.4, -0.2) is 29.9 Å². The van der Waals surface area contributed by atoms with Gasteiger partial charge in [-0.05, 0) is 74.5 Å². The summed E-state index contributed by atoms with van der Waals surface area (Å²) in [5.41, 5.74) is 6.42. The van der Waals surface area contributed by atoms with Crippen molar-refractivity contribution in [3.05, 3.63) is 0 Å². The maximum Gasteiger partial charge on any atom is 0.239 e. The molecule has 19 heavy (non-hydrogen) atoms. The summed E-state index contributed by atoms with van der Waals surface area (Å²) in [4.78, 5) is 14.5. The van der Waals surface area contributed by atoms with Crippen LogP contribution in [0.1, 0.15) is 44.9 Å². The summed E-state index contributed by atoms with van der Waals surface area (Å²) in [6, 6.07) is 0.274. The highest BCUT2D eigenvalue weighted by Gasteiger charge is 2.51. The van der Waals surface area contributed by atoms with Crippen molar-refractivity contribution in [2.45, 2.75) is 57.0 Å². The Balaban J connectivity index is 1.50. The van der Waals surface area contributed by atoms with Crippen LogP contribution in [0.25, 0.3) is 0 Å². The van der Waals surface area contributed by atoms with Crippen LogP contribution >= 0.6 is 0 Å². The molecule has 0 aromatic rings. The summed E-state index contributed by atoms with van der Waals surface area (Å²) in [6.45, 7) is 0. The number of carbonyl (C=O) groups is 1. The molecule has 2 N–H and O–H groups in total. The van der Waals surface area contributed by atoms with Crippen LogP contribution in [0.15, 0.2) is 0 Å². The van der Waals surface area contributed by atoms with Crippen molar-refractivity contribution in [2.24, 2.45) is 35.3 Å². The molecule has 5 fully saturated rings. The van der Waals surface area contributed by atoms with Gasteiger partial charge in [-0.25, -0.2) is 0 Å². The fourth-order valence-corrected chi connectivity index (χ4v) is 5.60. The summed E-state index contributed by atoms with van der Waals surface area (Å²) in [5.74, 6) is 4.14. The Hall–Kier alpha value is -0.570. The van der Waals surface area contributed by atoms with Crippen molar-refractivity contribution in [3.63, 3.8) is 0 Å². The van der Waals surface area contributed by atoms with E-state index in [1.165, 1.54) is 44.9 Å². The minimum absolute atomic E-state index is 0.222. The van der Waals surface area contributed by atoms with E-state index in [1.54, 1.807) is 0 Å². The predicted octanol–water partition coefficient (Wildman–Crippen LogP) is 2.01. The molecule has 0 saturated heterocycles. The zero-order valence-electron chi connectivity index (χ0n) is 11.9. The second kappa shape index (κ2) is 4.21. The first kappa shape index (κ1) is 12.2. The van der Waals surface area contributed by atoms with Crippen molar-refractivity contribution in [1.82, 2.24) is 4.90 Å². The van der Waals surface area contributed by atoms with Gasteiger partial charge in [0.25, 0.3) is 0 Å². The van der Waals surface area contributed by atoms with E-state index < -0.39 is 0 Å². The molecule has 5 aliphatic rings. The molecular weight excluding hydrogens is 236 g/mol. The van der Waals surface area contributed by atoms with Crippen molar-refractivity contribution >= 4 is 5.91 Å². The first-order chi connectivity index (χ1) is 9.13. The molecule has 5 rings (SSSR count). The second-order valence-corrected chi connectivity index (χ2v) is 7.71. The van der Waals surface area contributed by atoms with E-state index in [0.717, 1.165) is 23.7 Å². The quantitative estimate of drug-likeness (QED) is 0.845. The van der Waals surface area contributed by atoms with Crippen molar-refractivity contribution < 1.29 is 4.79 Å². The lowest BCUT2D eigenvalue weighted by atomic mass is 9.50. The Morgan fingerprint density at radius 3 is 2.05 bits per heavy atom. The third-order valence-corrected chi connectivity index (χ3v) is 6.44. The maximum atomic E-state index is 12.5. The number of hydrogen-bond donors (Lipinski definition) is 1. The second-order valence-electron chi connectivity index (χ2n) is 7.71. The number of likely N-dealkylation sites (N-methyl/N-ethyl adjacent to an activating group) is 1. The molecule has 0 aliphatic heterocycles. The van der Waals surface area contributed by atoms with E-state index in [1.807, 2.05) is 11.9 Å². The first-order valence-corrected chi connectivity index (χ1v) is 8.15. The molecule has 5 aliphatic carbocycles. The Morgan fingerprint density at radius 2 is 1.58 bits per heavy atom. The zero-order valence-corrected chi connectivity index (χ0v) is 11.9. The van der Waals surface area contributed by atoms with Crippen LogP contribution < -0.4 is 5.73 Å². The molecule has 1 atom stereocenters. The summed E-state index contributed by atoms with van der Waals surface area (Å²) < 4.78 is 0. The van der Waals surface area contributed by atoms with Gasteiger partial charge in [0, 0.05) is 13.1 Å². The van der Waals surface area contributed by atoms with E-state index in [9.17, 15) is 4.79 Å². The largest absolute Gasteiger partial charge is 0.341 e. The molecular formula is C16H26N2O. The van der Waals surface area contributed by atoms with Gasteiger partial charge in [0.1, 0.15) is 0 Å². The van der Waals surface area contributed by atoms with Gasteiger partial charge in [-0.1, -0.05) is 0 Å². The summed E-state index contributed by atoms with van der Waals surface area (Å²) >= 11 is 0. The maximum absolute atomic E-state index is 12.5. The highest BCUT2D eigenvalue weighted by Crippen LogP contribution is 2.57. The molecule has 0 radical (unpaired) electrons.